The summed E-state index contributed by atoms with van der Waals surface area (Å²) in [5.74, 6) is -1.63. The number of rotatable bonds is 5. The summed E-state index contributed by atoms with van der Waals surface area (Å²) in [5, 5.41) is 16.9. The lowest BCUT2D eigenvalue weighted by molar-refractivity contribution is -0.134. The van der Waals surface area contributed by atoms with E-state index in [2.05, 4.69) is 29.8 Å². The molecule has 7 heteroatoms. The molecule has 1 unspecified atom stereocenters. The molecule has 0 aliphatic rings. The molecule has 7 nitrogen and oxygen atoms in total. The van der Waals surface area contributed by atoms with Crippen molar-refractivity contribution >= 4 is 22.8 Å². The first-order valence-corrected chi connectivity index (χ1v) is 7.27. The van der Waals surface area contributed by atoms with Gasteiger partial charge >= 0.3 is 11.9 Å². The molecule has 0 fully saturated rings. The summed E-state index contributed by atoms with van der Waals surface area (Å²) in [5.41, 5.74) is 8.31. The van der Waals surface area contributed by atoms with Crippen LogP contribution >= 0.6 is 0 Å². The Bertz CT molecular complexity index is 731. The number of hydrogen-bond acceptors (Lipinski definition) is 4. The first-order chi connectivity index (χ1) is 11.2. The molecule has 2 rings (SSSR count). The Labute approximate surface area is 139 Å². The van der Waals surface area contributed by atoms with Gasteiger partial charge in [-0.15, -0.1) is 0 Å². The maximum absolute atomic E-state index is 9.55. The fourth-order valence-electron chi connectivity index (χ4n) is 2.19. The molecule has 24 heavy (non-hydrogen) atoms. The van der Waals surface area contributed by atoms with Gasteiger partial charge in [0.1, 0.15) is 5.75 Å². The van der Waals surface area contributed by atoms with Crippen LogP contribution in [0, 0.1) is 6.92 Å². The van der Waals surface area contributed by atoms with Crippen LogP contribution in [0.2, 0.25) is 0 Å². The quantitative estimate of drug-likeness (QED) is 0.721. The van der Waals surface area contributed by atoms with Crippen LogP contribution in [0.4, 0.5) is 0 Å². The maximum Gasteiger partial charge on any atom is 0.328 e. The van der Waals surface area contributed by atoms with Crippen LogP contribution in [0.25, 0.3) is 10.9 Å². The van der Waals surface area contributed by atoms with E-state index in [1.165, 1.54) is 16.5 Å². The predicted octanol–water partition coefficient (Wildman–Crippen LogP) is 2.02. The van der Waals surface area contributed by atoms with Gasteiger partial charge in [0, 0.05) is 42.4 Å². The molecule has 2 aromatic rings. The summed E-state index contributed by atoms with van der Waals surface area (Å²) < 4.78 is 7.44. The van der Waals surface area contributed by atoms with Gasteiger partial charge in [0.25, 0.3) is 0 Å². The number of aromatic nitrogens is 1. The largest absolute Gasteiger partial charge is 0.497 e. The van der Waals surface area contributed by atoms with Gasteiger partial charge in [-0.2, -0.15) is 0 Å². The van der Waals surface area contributed by atoms with Crippen molar-refractivity contribution in [3.63, 3.8) is 0 Å². The zero-order valence-corrected chi connectivity index (χ0v) is 13.9. The van der Waals surface area contributed by atoms with E-state index in [1.54, 1.807) is 7.11 Å². The summed E-state index contributed by atoms with van der Waals surface area (Å²) in [4.78, 5) is 19.1. The van der Waals surface area contributed by atoms with Crippen molar-refractivity contribution in [2.24, 2.45) is 5.73 Å². The Hall–Kier alpha value is -2.80. The molecule has 130 valence electrons. The second-order valence-electron chi connectivity index (χ2n) is 5.33. The predicted molar refractivity (Wildman–Crippen MR) is 91.3 cm³/mol. The molecular weight excluding hydrogens is 312 g/mol. The minimum Gasteiger partial charge on any atom is -0.497 e. The number of aryl methyl sites for hydroxylation is 1. The standard InChI is InChI=1S/C13H18N2O.C4H4O4/c1-9-7-15(8-10(2)14)13-6-11(16-3)4-5-12(9)13;5-3(6)1-2-4(7)8/h4-7,10H,8,14H2,1-3H3;1-2H,(H,5,6)(H,7,8). The van der Waals surface area contributed by atoms with Gasteiger partial charge in [-0.25, -0.2) is 9.59 Å². The van der Waals surface area contributed by atoms with E-state index >= 15 is 0 Å². The molecule has 0 bridgehead atoms. The van der Waals surface area contributed by atoms with E-state index in [4.69, 9.17) is 20.7 Å². The Balaban J connectivity index is 0.000000307. The number of hydrogen-bond donors (Lipinski definition) is 3. The summed E-state index contributed by atoms with van der Waals surface area (Å²) in [6.07, 6.45) is 3.26. The number of carboxylic acids is 2. The highest BCUT2D eigenvalue weighted by molar-refractivity contribution is 5.89. The molecule has 1 heterocycles. The highest BCUT2D eigenvalue weighted by Crippen LogP contribution is 2.25. The van der Waals surface area contributed by atoms with Gasteiger partial charge in [-0.3, -0.25) is 0 Å². The number of carboxylic acid groups (broad SMARTS) is 2. The Morgan fingerprint density at radius 3 is 2.33 bits per heavy atom. The van der Waals surface area contributed by atoms with Gasteiger partial charge in [0.15, 0.2) is 0 Å². The Morgan fingerprint density at radius 1 is 1.29 bits per heavy atom. The van der Waals surface area contributed by atoms with E-state index < -0.39 is 11.9 Å². The number of nitrogens with two attached hydrogens (primary N) is 1. The number of nitrogens with zero attached hydrogens (tertiary/aromatic N) is 1. The second kappa shape index (κ2) is 8.73. The fourth-order valence-corrected chi connectivity index (χ4v) is 2.19. The zero-order chi connectivity index (χ0) is 18.3. The van der Waals surface area contributed by atoms with Crippen LogP contribution in [-0.4, -0.2) is 39.9 Å². The first kappa shape index (κ1) is 19.2. The van der Waals surface area contributed by atoms with Crippen LogP contribution in [0.15, 0.2) is 36.5 Å². The topological polar surface area (TPSA) is 115 Å². The smallest absolute Gasteiger partial charge is 0.328 e. The summed E-state index contributed by atoms with van der Waals surface area (Å²) >= 11 is 0. The second-order valence-corrected chi connectivity index (χ2v) is 5.33. The van der Waals surface area contributed by atoms with Crippen molar-refractivity contribution in [2.45, 2.75) is 26.4 Å². The van der Waals surface area contributed by atoms with Gasteiger partial charge < -0.3 is 25.3 Å². The van der Waals surface area contributed by atoms with Crippen molar-refractivity contribution < 1.29 is 24.5 Å². The number of methoxy groups -OCH3 is 1. The highest BCUT2D eigenvalue weighted by atomic mass is 16.5. The minimum absolute atomic E-state index is 0.154. The van der Waals surface area contributed by atoms with Gasteiger partial charge in [-0.05, 0) is 31.5 Å². The molecule has 0 saturated carbocycles. The number of aliphatic carboxylic acids is 2. The molecular formula is C17H22N2O5. The maximum atomic E-state index is 9.55. The average Bonchev–Trinajstić information content (AvgIpc) is 2.81. The third kappa shape index (κ3) is 5.77. The van der Waals surface area contributed by atoms with Gasteiger partial charge in [0.2, 0.25) is 0 Å². The van der Waals surface area contributed by atoms with E-state index in [0.29, 0.717) is 12.2 Å². The van der Waals surface area contributed by atoms with Gasteiger partial charge in [0.05, 0.1) is 12.6 Å². The molecule has 1 atom stereocenters. The summed E-state index contributed by atoms with van der Waals surface area (Å²) in [7, 11) is 1.69. The third-order valence-electron chi connectivity index (χ3n) is 3.14. The van der Waals surface area contributed by atoms with Crippen molar-refractivity contribution in [1.82, 2.24) is 4.57 Å². The van der Waals surface area contributed by atoms with Crippen LogP contribution in [0.3, 0.4) is 0 Å². The van der Waals surface area contributed by atoms with Crippen molar-refractivity contribution in [3.8, 4) is 5.75 Å². The van der Waals surface area contributed by atoms with E-state index in [-0.39, 0.29) is 6.04 Å². The van der Waals surface area contributed by atoms with E-state index in [1.807, 2.05) is 13.0 Å². The average molecular weight is 334 g/mol. The number of fused-ring (bicyclic) bond motifs is 1. The lowest BCUT2D eigenvalue weighted by Gasteiger charge is -2.09. The summed E-state index contributed by atoms with van der Waals surface area (Å²) in [6, 6.07) is 6.30. The number of benzene rings is 1. The fraction of sp³-hybridized carbons (Fsp3) is 0.294. The van der Waals surface area contributed by atoms with E-state index in [0.717, 1.165) is 12.3 Å². The Kier molecular flexibility index (Phi) is 7.00. The third-order valence-corrected chi connectivity index (χ3v) is 3.14. The van der Waals surface area contributed by atoms with Crippen molar-refractivity contribution in [2.75, 3.05) is 7.11 Å². The monoisotopic (exact) mass is 334 g/mol. The molecule has 0 aliphatic carbocycles. The first-order valence-electron chi connectivity index (χ1n) is 7.27. The minimum atomic E-state index is -1.26. The van der Waals surface area contributed by atoms with Crippen molar-refractivity contribution in [3.05, 3.63) is 42.1 Å². The molecule has 0 amide bonds. The lowest BCUT2D eigenvalue weighted by atomic mass is 10.2. The zero-order valence-electron chi connectivity index (χ0n) is 13.9. The van der Waals surface area contributed by atoms with Crippen LogP contribution in [-0.2, 0) is 16.1 Å². The number of carbonyl (C=O) groups is 2. The molecule has 0 saturated heterocycles. The Morgan fingerprint density at radius 2 is 1.88 bits per heavy atom. The van der Waals surface area contributed by atoms with Crippen LogP contribution in [0.1, 0.15) is 12.5 Å². The SMILES string of the molecule is COc1ccc2c(C)cn(CC(C)N)c2c1.O=C(O)C=CC(=O)O. The normalized spacial score (nSPS) is 11.8. The van der Waals surface area contributed by atoms with Crippen LogP contribution in [0.5, 0.6) is 5.75 Å². The molecule has 1 aromatic carbocycles. The van der Waals surface area contributed by atoms with Crippen molar-refractivity contribution in [1.29, 1.82) is 0 Å². The molecule has 0 radical (unpaired) electrons. The molecule has 1 aromatic heterocycles. The molecule has 4 N–H and O–H groups in total. The summed E-state index contributed by atoms with van der Waals surface area (Å²) in [6.45, 7) is 4.96. The molecule has 0 aliphatic heterocycles. The van der Waals surface area contributed by atoms with E-state index in [9.17, 15) is 9.59 Å². The van der Waals surface area contributed by atoms with Gasteiger partial charge in [-0.1, -0.05) is 0 Å². The van der Waals surface area contributed by atoms with Crippen LogP contribution < -0.4 is 10.5 Å². The highest BCUT2D eigenvalue weighted by Gasteiger charge is 2.07. The molecule has 0 spiro atoms. The lowest BCUT2D eigenvalue weighted by Crippen LogP contribution is -2.21. The number of ether oxygens (including phenoxy) is 1.